The molecule has 0 bridgehead atoms. The molecule has 1 fully saturated rings. The molecular weight excluding hydrogens is 340 g/mol. The summed E-state index contributed by atoms with van der Waals surface area (Å²) in [5.74, 6) is 1.53. The Labute approximate surface area is 166 Å². The van der Waals surface area contributed by atoms with Crippen molar-refractivity contribution in [3.05, 3.63) is 0 Å². The zero-order chi connectivity index (χ0) is 20.1. The van der Waals surface area contributed by atoms with Crippen molar-refractivity contribution < 1.29 is 4.79 Å². The second-order valence-corrected chi connectivity index (χ2v) is 7.30. The Morgan fingerprint density at radius 1 is 1.04 bits per heavy atom. The number of carbonyl (C=O) groups is 1. The van der Waals surface area contributed by atoms with Crippen LogP contribution in [0.2, 0.25) is 0 Å². The van der Waals surface area contributed by atoms with Crippen LogP contribution in [-0.4, -0.2) is 98.6 Å². The number of nitrogens with zero attached hydrogens (tertiary/aromatic N) is 4. The summed E-state index contributed by atoms with van der Waals surface area (Å²) in [6, 6.07) is 0. The molecule has 0 radical (unpaired) electrons. The first-order valence-electron chi connectivity index (χ1n) is 10.8. The number of piperazine rings is 1. The predicted molar refractivity (Wildman–Crippen MR) is 114 cm³/mol. The summed E-state index contributed by atoms with van der Waals surface area (Å²) in [5, 5.41) is 6.58. The first kappa shape index (κ1) is 23.7. The Hall–Kier alpha value is -1.34. The molecule has 1 rings (SSSR count). The fourth-order valence-corrected chi connectivity index (χ4v) is 3.40. The van der Waals surface area contributed by atoms with E-state index in [9.17, 15) is 4.79 Å². The van der Waals surface area contributed by atoms with Gasteiger partial charge in [0.2, 0.25) is 5.91 Å². The van der Waals surface area contributed by atoms with Crippen LogP contribution in [-0.2, 0) is 4.79 Å². The van der Waals surface area contributed by atoms with Crippen molar-refractivity contribution in [3.63, 3.8) is 0 Å². The molecule has 0 aromatic heterocycles. The maximum atomic E-state index is 12.1. The quantitative estimate of drug-likeness (QED) is 0.413. The van der Waals surface area contributed by atoms with Crippen LogP contribution in [0.15, 0.2) is 4.99 Å². The van der Waals surface area contributed by atoms with Crippen LogP contribution in [0.1, 0.15) is 41.0 Å². The van der Waals surface area contributed by atoms with Crippen molar-refractivity contribution in [1.82, 2.24) is 25.3 Å². The van der Waals surface area contributed by atoms with Crippen LogP contribution in [0.25, 0.3) is 0 Å². The minimum Gasteiger partial charge on any atom is -0.357 e. The van der Waals surface area contributed by atoms with E-state index in [0.717, 1.165) is 58.3 Å². The first-order valence-corrected chi connectivity index (χ1v) is 10.8. The van der Waals surface area contributed by atoms with E-state index in [-0.39, 0.29) is 5.91 Å². The zero-order valence-electron chi connectivity index (χ0n) is 18.3. The van der Waals surface area contributed by atoms with Gasteiger partial charge in [-0.2, -0.15) is 0 Å². The molecule has 27 heavy (non-hydrogen) atoms. The van der Waals surface area contributed by atoms with Gasteiger partial charge in [-0.05, 0) is 33.2 Å². The van der Waals surface area contributed by atoms with Crippen molar-refractivity contribution in [2.45, 2.75) is 41.0 Å². The van der Waals surface area contributed by atoms with Crippen LogP contribution in [0, 0.1) is 5.92 Å². The lowest BCUT2D eigenvalue weighted by Gasteiger charge is -2.35. The van der Waals surface area contributed by atoms with Crippen molar-refractivity contribution in [1.29, 1.82) is 0 Å². The van der Waals surface area contributed by atoms with Gasteiger partial charge in [-0.25, -0.2) is 0 Å². The van der Waals surface area contributed by atoms with E-state index in [0.29, 0.717) is 18.9 Å². The molecule has 1 aliphatic heterocycles. The van der Waals surface area contributed by atoms with E-state index < -0.39 is 0 Å². The normalized spacial score (nSPS) is 17.6. The Morgan fingerprint density at radius 3 is 2.22 bits per heavy atom. The average Bonchev–Trinajstić information content (AvgIpc) is 2.67. The molecule has 1 unspecified atom stereocenters. The molecule has 0 saturated carbocycles. The number of nitrogens with one attached hydrogen (secondary N) is 2. The van der Waals surface area contributed by atoms with E-state index in [4.69, 9.17) is 4.99 Å². The minimum absolute atomic E-state index is 0.197. The average molecular weight is 383 g/mol. The lowest BCUT2D eigenvalue weighted by molar-refractivity contribution is -0.130. The molecule has 1 saturated heterocycles. The summed E-state index contributed by atoms with van der Waals surface area (Å²) in [6.45, 7) is 21.3. The monoisotopic (exact) mass is 382 g/mol. The van der Waals surface area contributed by atoms with Crippen molar-refractivity contribution in [2.75, 3.05) is 72.0 Å². The van der Waals surface area contributed by atoms with Gasteiger partial charge >= 0.3 is 0 Å². The molecular formula is C20H42N6O. The molecule has 0 aliphatic carbocycles. The third-order valence-electron chi connectivity index (χ3n) is 5.13. The molecule has 0 aromatic carbocycles. The van der Waals surface area contributed by atoms with E-state index in [1.54, 1.807) is 0 Å². The van der Waals surface area contributed by atoms with Gasteiger partial charge in [-0.1, -0.05) is 13.8 Å². The van der Waals surface area contributed by atoms with Crippen LogP contribution >= 0.6 is 0 Å². The highest BCUT2D eigenvalue weighted by Gasteiger charge is 2.17. The standard InChI is InChI=1S/C20H42N6O/c1-6-21-20(22-11-10-19(27)26(8-3)9-4)23-16-18(5)17-25-14-12-24(7-2)13-15-25/h18H,6-17H2,1-5H3,(H2,21,22,23). The number of guanidine groups is 1. The van der Waals surface area contributed by atoms with Gasteiger partial charge in [0.1, 0.15) is 0 Å². The lowest BCUT2D eigenvalue weighted by Crippen LogP contribution is -2.47. The third kappa shape index (κ3) is 9.42. The number of carbonyl (C=O) groups excluding carboxylic acids is 1. The molecule has 158 valence electrons. The van der Waals surface area contributed by atoms with Crippen molar-refractivity contribution >= 4 is 11.9 Å². The number of amides is 1. The maximum absolute atomic E-state index is 12.1. The molecule has 0 aromatic rings. The number of hydrogen-bond acceptors (Lipinski definition) is 4. The Balaban J connectivity index is 2.36. The van der Waals surface area contributed by atoms with Crippen LogP contribution in [0.4, 0.5) is 0 Å². The highest BCUT2D eigenvalue weighted by atomic mass is 16.2. The van der Waals surface area contributed by atoms with Crippen molar-refractivity contribution in [2.24, 2.45) is 10.9 Å². The fourth-order valence-electron chi connectivity index (χ4n) is 3.40. The molecule has 1 aliphatic rings. The van der Waals surface area contributed by atoms with Gasteiger partial charge in [0, 0.05) is 71.9 Å². The van der Waals surface area contributed by atoms with Gasteiger partial charge in [-0.3, -0.25) is 9.79 Å². The molecule has 1 atom stereocenters. The summed E-state index contributed by atoms with van der Waals surface area (Å²) >= 11 is 0. The number of aliphatic imine (C=N–C) groups is 1. The predicted octanol–water partition coefficient (Wildman–Crippen LogP) is 1.07. The fraction of sp³-hybridized carbons (Fsp3) is 0.900. The Bertz CT molecular complexity index is 430. The van der Waals surface area contributed by atoms with Crippen LogP contribution in [0.3, 0.4) is 0 Å². The summed E-state index contributed by atoms with van der Waals surface area (Å²) in [7, 11) is 0. The maximum Gasteiger partial charge on any atom is 0.224 e. The van der Waals surface area contributed by atoms with Gasteiger partial charge in [0.25, 0.3) is 0 Å². The topological polar surface area (TPSA) is 63.2 Å². The van der Waals surface area contributed by atoms with E-state index >= 15 is 0 Å². The van der Waals surface area contributed by atoms with Gasteiger partial charge in [0.05, 0.1) is 0 Å². The van der Waals surface area contributed by atoms with E-state index in [1.807, 2.05) is 18.7 Å². The van der Waals surface area contributed by atoms with Crippen LogP contribution < -0.4 is 10.6 Å². The molecule has 7 heteroatoms. The van der Waals surface area contributed by atoms with Gasteiger partial charge < -0.3 is 25.3 Å². The highest BCUT2D eigenvalue weighted by molar-refractivity contribution is 5.81. The molecule has 2 N–H and O–H groups in total. The number of likely N-dealkylation sites (N-methyl/N-ethyl adjacent to an activating group) is 1. The lowest BCUT2D eigenvalue weighted by atomic mass is 10.1. The van der Waals surface area contributed by atoms with Crippen molar-refractivity contribution in [3.8, 4) is 0 Å². The Kier molecular flexibility index (Phi) is 12.1. The Morgan fingerprint density at radius 2 is 1.67 bits per heavy atom. The van der Waals surface area contributed by atoms with E-state index in [2.05, 4.69) is 41.2 Å². The van der Waals surface area contributed by atoms with E-state index in [1.165, 1.54) is 13.1 Å². The smallest absolute Gasteiger partial charge is 0.224 e. The number of hydrogen-bond donors (Lipinski definition) is 2. The minimum atomic E-state index is 0.197. The summed E-state index contributed by atoms with van der Waals surface area (Å²) in [5.41, 5.74) is 0. The largest absolute Gasteiger partial charge is 0.357 e. The van der Waals surface area contributed by atoms with Crippen LogP contribution in [0.5, 0.6) is 0 Å². The summed E-state index contributed by atoms with van der Waals surface area (Å²) in [4.78, 5) is 23.7. The third-order valence-corrected chi connectivity index (χ3v) is 5.13. The SMILES string of the molecule is CCNC(=NCC(C)CN1CCN(CC)CC1)NCCC(=O)N(CC)CC. The highest BCUT2D eigenvalue weighted by Crippen LogP contribution is 2.06. The summed E-state index contributed by atoms with van der Waals surface area (Å²) in [6.07, 6.45) is 0.503. The first-order chi connectivity index (χ1) is 13.0. The molecule has 1 heterocycles. The summed E-state index contributed by atoms with van der Waals surface area (Å²) < 4.78 is 0. The van der Waals surface area contributed by atoms with Gasteiger partial charge in [0.15, 0.2) is 5.96 Å². The second kappa shape index (κ2) is 13.8. The molecule has 0 spiro atoms. The number of rotatable bonds is 11. The molecule has 1 amide bonds. The zero-order valence-corrected chi connectivity index (χ0v) is 18.3. The van der Waals surface area contributed by atoms with Gasteiger partial charge in [-0.15, -0.1) is 0 Å². The second-order valence-electron chi connectivity index (χ2n) is 7.30. The molecule has 7 nitrogen and oxygen atoms in total.